The summed E-state index contributed by atoms with van der Waals surface area (Å²) in [6.07, 6.45) is 6.12. The summed E-state index contributed by atoms with van der Waals surface area (Å²) in [5, 5.41) is 0. The predicted molar refractivity (Wildman–Crippen MR) is 48.8 cm³/mol. The highest BCUT2D eigenvalue weighted by Gasteiger charge is 2.20. The minimum absolute atomic E-state index is 0.224. The van der Waals surface area contributed by atoms with Crippen LogP contribution >= 0.6 is 0 Å². The molecular weight excluding hydrogens is 168 g/mol. The van der Waals surface area contributed by atoms with Gasteiger partial charge in [0.2, 0.25) is 0 Å². The van der Waals surface area contributed by atoms with E-state index in [-0.39, 0.29) is 12.7 Å². The van der Waals surface area contributed by atoms with Gasteiger partial charge in [0.25, 0.3) is 0 Å². The molecule has 5 nitrogen and oxygen atoms in total. The van der Waals surface area contributed by atoms with Crippen LogP contribution in [-0.2, 0) is 4.74 Å². The molecule has 0 aliphatic heterocycles. The maximum Gasteiger partial charge on any atom is 0.324 e. The van der Waals surface area contributed by atoms with E-state index < -0.39 is 6.17 Å². The SMILES string of the molecule is [N-]=[N+]=C1C=CC=CC1OCC(N)N. The van der Waals surface area contributed by atoms with Crippen molar-refractivity contribution in [2.75, 3.05) is 6.61 Å². The van der Waals surface area contributed by atoms with Gasteiger partial charge in [0.15, 0.2) is 6.10 Å². The van der Waals surface area contributed by atoms with Gasteiger partial charge in [-0.15, -0.1) is 0 Å². The van der Waals surface area contributed by atoms with Crippen molar-refractivity contribution >= 4 is 5.71 Å². The molecule has 1 atom stereocenters. The van der Waals surface area contributed by atoms with Crippen molar-refractivity contribution in [3.8, 4) is 0 Å². The minimum atomic E-state index is -0.515. The van der Waals surface area contributed by atoms with Crippen molar-refractivity contribution in [1.82, 2.24) is 0 Å². The van der Waals surface area contributed by atoms with Crippen molar-refractivity contribution in [3.63, 3.8) is 0 Å². The summed E-state index contributed by atoms with van der Waals surface area (Å²) >= 11 is 0. The first-order valence-corrected chi connectivity index (χ1v) is 3.93. The van der Waals surface area contributed by atoms with Crippen molar-refractivity contribution < 1.29 is 9.53 Å². The fourth-order valence-electron chi connectivity index (χ4n) is 0.959. The van der Waals surface area contributed by atoms with Crippen LogP contribution in [0.15, 0.2) is 24.3 Å². The Morgan fingerprint density at radius 2 is 2.31 bits per heavy atom. The monoisotopic (exact) mass is 180 g/mol. The third-order valence-corrected chi connectivity index (χ3v) is 1.54. The molecule has 0 aromatic heterocycles. The zero-order valence-corrected chi connectivity index (χ0v) is 7.13. The van der Waals surface area contributed by atoms with Crippen molar-refractivity contribution in [1.29, 1.82) is 0 Å². The lowest BCUT2D eigenvalue weighted by atomic mass is 10.1. The van der Waals surface area contributed by atoms with Gasteiger partial charge < -0.3 is 21.7 Å². The minimum Gasteiger partial charge on any atom is -0.361 e. The molecule has 0 radical (unpaired) electrons. The third-order valence-electron chi connectivity index (χ3n) is 1.54. The van der Waals surface area contributed by atoms with E-state index in [0.29, 0.717) is 5.71 Å². The molecule has 70 valence electrons. The summed E-state index contributed by atoms with van der Waals surface area (Å²) in [6.45, 7) is 0.224. The zero-order chi connectivity index (χ0) is 9.68. The van der Waals surface area contributed by atoms with E-state index in [1.165, 1.54) is 0 Å². The second-order valence-electron chi connectivity index (χ2n) is 2.69. The third kappa shape index (κ3) is 2.93. The standard InChI is InChI=1S/C8H12N4O/c9-8(10)5-13-7-4-2-1-3-6(7)12-11/h1-4,7-8H,5,9-10H2. The number of allylic oxidation sites excluding steroid dienone is 2. The summed E-state index contributed by atoms with van der Waals surface area (Å²) in [7, 11) is 0. The maximum atomic E-state index is 8.59. The number of rotatable bonds is 3. The first kappa shape index (κ1) is 9.83. The molecule has 1 unspecified atom stereocenters. The number of hydrogen-bond donors (Lipinski definition) is 2. The van der Waals surface area contributed by atoms with Crippen LogP contribution < -0.4 is 11.5 Å². The average Bonchev–Trinajstić information content (AvgIpc) is 2.15. The molecule has 0 spiro atoms. The Balaban J connectivity index is 2.54. The molecule has 1 aliphatic carbocycles. The highest BCUT2D eigenvalue weighted by Crippen LogP contribution is 2.03. The number of hydrogen-bond acceptors (Lipinski definition) is 3. The molecule has 0 heterocycles. The van der Waals surface area contributed by atoms with Gasteiger partial charge >= 0.3 is 5.71 Å². The molecule has 0 aromatic carbocycles. The van der Waals surface area contributed by atoms with E-state index in [4.69, 9.17) is 21.7 Å². The molecule has 5 heteroatoms. The van der Waals surface area contributed by atoms with Crippen LogP contribution in [0.1, 0.15) is 0 Å². The summed E-state index contributed by atoms with van der Waals surface area (Å²) in [6, 6.07) is 0. The molecule has 0 saturated carbocycles. The molecule has 1 rings (SSSR count). The lowest BCUT2D eigenvalue weighted by Gasteiger charge is -2.12. The highest BCUT2D eigenvalue weighted by molar-refractivity contribution is 5.96. The summed E-state index contributed by atoms with van der Waals surface area (Å²) in [5.41, 5.74) is 19.6. The van der Waals surface area contributed by atoms with Crippen LogP contribution in [0.3, 0.4) is 0 Å². The molecule has 1 aliphatic rings. The van der Waals surface area contributed by atoms with Crippen LogP contribution in [0.2, 0.25) is 0 Å². The van der Waals surface area contributed by atoms with E-state index in [1.807, 2.05) is 0 Å². The van der Waals surface area contributed by atoms with Gasteiger partial charge in [0.05, 0.1) is 12.8 Å². The smallest absolute Gasteiger partial charge is 0.324 e. The lowest BCUT2D eigenvalue weighted by Crippen LogP contribution is -2.38. The molecule has 0 fully saturated rings. The summed E-state index contributed by atoms with van der Waals surface area (Å²) in [5.74, 6) is 0. The maximum absolute atomic E-state index is 8.59. The van der Waals surface area contributed by atoms with Gasteiger partial charge in [-0.05, 0) is 6.08 Å². The van der Waals surface area contributed by atoms with Crippen LogP contribution in [0.25, 0.3) is 5.53 Å². The topological polar surface area (TPSA) is 97.7 Å². The van der Waals surface area contributed by atoms with Crippen LogP contribution in [0.4, 0.5) is 0 Å². The molecule has 0 amide bonds. The van der Waals surface area contributed by atoms with Crippen LogP contribution in [-0.4, -0.2) is 29.4 Å². The van der Waals surface area contributed by atoms with Crippen LogP contribution in [0.5, 0.6) is 0 Å². The normalized spacial score (nSPS) is 20.8. The van der Waals surface area contributed by atoms with Crippen LogP contribution in [0, 0.1) is 0 Å². The average molecular weight is 180 g/mol. The predicted octanol–water partition coefficient (Wildman–Crippen LogP) is -0.588. The Kier molecular flexibility index (Phi) is 3.54. The van der Waals surface area contributed by atoms with Gasteiger partial charge in [-0.2, -0.15) is 4.79 Å². The fraction of sp³-hybridized carbons (Fsp3) is 0.375. The summed E-state index contributed by atoms with van der Waals surface area (Å²) < 4.78 is 5.27. The van der Waals surface area contributed by atoms with Crippen molar-refractivity contribution in [2.45, 2.75) is 12.3 Å². The Morgan fingerprint density at radius 1 is 1.54 bits per heavy atom. The number of nitrogens with two attached hydrogens (primary N) is 2. The lowest BCUT2D eigenvalue weighted by molar-refractivity contribution is -0.0232. The van der Waals surface area contributed by atoms with Gasteiger partial charge in [-0.3, -0.25) is 0 Å². The molecular formula is C8H12N4O. The van der Waals surface area contributed by atoms with E-state index >= 15 is 0 Å². The quantitative estimate of drug-likeness (QED) is 0.345. The van der Waals surface area contributed by atoms with E-state index in [1.54, 1.807) is 24.3 Å². The highest BCUT2D eigenvalue weighted by atomic mass is 16.5. The van der Waals surface area contributed by atoms with Crippen molar-refractivity contribution in [3.05, 3.63) is 29.8 Å². The van der Waals surface area contributed by atoms with Gasteiger partial charge in [0.1, 0.15) is 0 Å². The van der Waals surface area contributed by atoms with E-state index in [9.17, 15) is 0 Å². The van der Waals surface area contributed by atoms with Gasteiger partial charge in [-0.25, -0.2) is 0 Å². The second kappa shape index (κ2) is 4.69. The second-order valence-corrected chi connectivity index (χ2v) is 2.69. The van der Waals surface area contributed by atoms with E-state index in [2.05, 4.69) is 4.79 Å². The summed E-state index contributed by atoms with van der Waals surface area (Å²) in [4.78, 5) is 3.08. The van der Waals surface area contributed by atoms with Crippen molar-refractivity contribution in [2.24, 2.45) is 11.5 Å². The Morgan fingerprint density at radius 3 is 2.92 bits per heavy atom. The number of nitrogens with zero attached hydrogens (tertiary/aromatic N) is 2. The largest absolute Gasteiger partial charge is 0.361 e. The van der Waals surface area contributed by atoms with E-state index in [0.717, 1.165) is 0 Å². The first-order valence-electron chi connectivity index (χ1n) is 3.93. The van der Waals surface area contributed by atoms with Gasteiger partial charge in [0, 0.05) is 6.08 Å². The molecule has 0 bridgehead atoms. The molecule has 13 heavy (non-hydrogen) atoms. The first-order chi connectivity index (χ1) is 6.24. The molecule has 4 N–H and O–H groups in total. The molecule has 0 saturated heterocycles. The van der Waals surface area contributed by atoms with Gasteiger partial charge in [-0.1, -0.05) is 12.2 Å². The Bertz CT molecular complexity index is 276. The Hall–Kier alpha value is -1.26. The number of ether oxygens (including phenoxy) is 1. The zero-order valence-electron chi connectivity index (χ0n) is 7.13. The molecule has 0 aromatic rings. The fourth-order valence-corrected chi connectivity index (χ4v) is 0.959. The Labute approximate surface area is 76.3 Å².